The zero-order valence-electron chi connectivity index (χ0n) is 14.6. The van der Waals surface area contributed by atoms with E-state index in [0.717, 1.165) is 17.0 Å². The summed E-state index contributed by atoms with van der Waals surface area (Å²) in [6.07, 6.45) is 2.13. The van der Waals surface area contributed by atoms with Gasteiger partial charge in [0.15, 0.2) is 0 Å². The van der Waals surface area contributed by atoms with Crippen molar-refractivity contribution in [3.8, 4) is 0 Å². The van der Waals surface area contributed by atoms with E-state index in [9.17, 15) is 9.59 Å². The normalized spacial score (nSPS) is 12.1. The number of nitrogens with one attached hydrogen (secondary N) is 1. The number of hydrogen-bond donors (Lipinski definition) is 2. The fraction of sp³-hybridized carbons (Fsp3) is 0.278. The van der Waals surface area contributed by atoms with Gasteiger partial charge in [0.05, 0.1) is 0 Å². The number of aromatic nitrogens is 4. The second kappa shape index (κ2) is 7.30. The van der Waals surface area contributed by atoms with Crippen LogP contribution < -0.4 is 11.1 Å². The number of fused-ring (bicyclic) bond motifs is 1. The van der Waals surface area contributed by atoms with Crippen LogP contribution >= 0.6 is 0 Å². The first-order chi connectivity index (χ1) is 12.5. The molecule has 1 atom stereocenters. The Labute approximate surface area is 150 Å². The van der Waals surface area contributed by atoms with Gasteiger partial charge >= 0.3 is 0 Å². The van der Waals surface area contributed by atoms with Gasteiger partial charge in [-0.15, -0.1) is 0 Å². The van der Waals surface area contributed by atoms with Gasteiger partial charge in [-0.3, -0.25) is 9.59 Å². The van der Waals surface area contributed by atoms with Gasteiger partial charge in [-0.1, -0.05) is 30.3 Å². The van der Waals surface area contributed by atoms with Crippen molar-refractivity contribution in [3.05, 3.63) is 59.2 Å². The Morgan fingerprint density at radius 2 is 1.96 bits per heavy atom. The molecule has 0 saturated carbocycles. The van der Waals surface area contributed by atoms with E-state index in [1.165, 1.54) is 6.33 Å². The zero-order chi connectivity index (χ0) is 18.7. The third kappa shape index (κ3) is 3.53. The number of carbonyl (C=O) groups is 2. The standard InChI is InChI=1S/C18H20N6O2/c1-11-14(12(2)24-18(22-11)20-10-21-24)8-9-15(25)23-16(17(19)26)13-6-4-3-5-7-13/h3-7,10,16H,8-9H2,1-2H3,(H2,19,26)(H,23,25). The van der Waals surface area contributed by atoms with E-state index in [4.69, 9.17) is 5.73 Å². The average Bonchev–Trinajstić information content (AvgIpc) is 3.08. The molecule has 0 spiro atoms. The number of benzene rings is 1. The maximum atomic E-state index is 12.4. The minimum absolute atomic E-state index is 0.209. The summed E-state index contributed by atoms with van der Waals surface area (Å²) in [5.41, 5.74) is 8.74. The summed E-state index contributed by atoms with van der Waals surface area (Å²) in [7, 11) is 0. The largest absolute Gasteiger partial charge is 0.368 e. The van der Waals surface area contributed by atoms with E-state index in [1.54, 1.807) is 28.8 Å². The summed E-state index contributed by atoms with van der Waals surface area (Å²) >= 11 is 0. The molecule has 3 N–H and O–H groups in total. The van der Waals surface area contributed by atoms with Crippen molar-refractivity contribution in [2.75, 3.05) is 0 Å². The molecule has 134 valence electrons. The van der Waals surface area contributed by atoms with Gasteiger partial charge in [-0.2, -0.15) is 10.1 Å². The number of aryl methyl sites for hydroxylation is 2. The molecule has 1 unspecified atom stereocenters. The molecule has 0 aliphatic heterocycles. The maximum Gasteiger partial charge on any atom is 0.252 e. The lowest BCUT2D eigenvalue weighted by atomic mass is 10.0. The number of hydrogen-bond acceptors (Lipinski definition) is 5. The highest BCUT2D eigenvalue weighted by molar-refractivity contribution is 5.87. The summed E-state index contributed by atoms with van der Waals surface area (Å²) in [4.78, 5) is 32.6. The minimum atomic E-state index is -0.846. The van der Waals surface area contributed by atoms with Crippen LogP contribution in [0.15, 0.2) is 36.7 Å². The highest BCUT2D eigenvalue weighted by Gasteiger charge is 2.20. The Kier molecular flexibility index (Phi) is 4.92. The second-order valence-corrected chi connectivity index (χ2v) is 6.05. The van der Waals surface area contributed by atoms with Crippen molar-refractivity contribution in [1.82, 2.24) is 24.9 Å². The maximum absolute atomic E-state index is 12.4. The minimum Gasteiger partial charge on any atom is -0.368 e. The molecule has 2 heterocycles. The fourth-order valence-corrected chi connectivity index (χ4v) is 2.95. The van der Waals surface area contributed by atoms with E-state index < -0.39 is 11.9 Å². The van der Waals surface area contributed by atoms with Crippen LogP contribution in [-0.4, -0.2) is 31.4 Å². The van der Waals surface area contributed by atoms with Gasteiger partial charge in [0, 0.05) is 17.8 Å². The highest BCUT2D eigenvalue weighted by atomic mass is 16.2. The van der Waals surface area contributed by atoms with Crippen LogP contribution in [0, 0.1) is 13.8 Å². The molecule has 0 aliphatic carbocycles. The Morgan fingerprint density at radius 3 is 2.65 bits per heavy atom. The molecule has 3 rings (SSSR count). The first-order valence-electron chi connectivity index (χ1n) is 8.27. The summed E-state index contributed by atoms with van der Waals surface area (Å²) in [6.45, 7) is 3.80. The van der Waals surface area contributed by atoms with Crippen LogP contribution in [0.25, 0.3) is 5.78 Å². The Hall–Kier alpha value is -3.29. The number of amides is 2. The third-order valence-corrected chi connectivity index (χ3v) is 4.31. The second-order valence-electron chi connectivity index (χ2n) is 6.05. The van der Waals surface area contributed by atoms with Crippen molar-refractivity contribution in [3.63, 3.8) is 0 Å². The number of rotatable bonds is 6. The van der Waals surface area contributed by atoms with Gasteiger partial charge in [0.2, 0.25) is 11.8 Å². The van der Waals surface area contributed by atoms with Crippen LogP contribution in [0.2, 0.25) is 0 Å². The van der Waals surface area contributed by atoms with Crippen molar-refractivity contribution < 1.29 is 9.59 Å². The quantitative estimate of drug-likeness (QED) is 0.687. The zero-order valence-corrected chi connectivity index (χ0v) is 14.6. The topological polar surface area (TPSA) is 115 Å². The summed E-state index contributed by atoms with van der Waals surface area (Å²) < 4.78 is 1.65. The van der Waals surface area contributed by atoms with Crippen LogP contribution in [0.1, 0.15) is 35.0 Å². The predicted octanol–water partition coefficient (Wildman–Crippen LogP) is 1.02. The molecule has 0 bridgehead atoms. The van der Waals surface area contributed by atoms with E-state index >= 15 is 0 Å². The molecule has 0 fully saturated rings. The molecular weight excluding hydrogens is 332 g/mol. The first kappa shape index (κ1) is 17.5. The molecule has 8 heteroatoms. The molecule has 26 heavy (non-hydrogen) atoms. The molecule has 3 aromatic rings. The molecule has 8 nitrogen and oxygen atoms in total. The van der Waals surface area contributed by atoms with Crippen molar-refractivity contribution in [2.24, 2.45) is 5.73 Å². The summed E-state index contributed by atoms with van der Waals surface area (Å²) in [5, 5.41) is 6.85. The lowest BCUT2D eigenvalue weighted by Crippen LogP contribution is -2.37. The average molecular weight is 352 g/mol. The highest BCUT2D eigenvalue weighted by Crippen LogP contribution is 2.16. The van der Waals surface area contributed by atoms with Crippen molar-refractivity contribution in [1.29, 1.82) is 0 Å². The van der Waals surface area contributed by atoms with Gasteiger partial charge in [0.1, 0.15) is 12.4 Å². The molecule has 2 amide bonds. The lowest BCUT2D eigenvalue weighted by molar-refractivity contribution is -0.127. The molecule has 0 aliphatic rings. The number of primary amides is 1. The van der Waals surface area contributed by atoms with E-state index in [1.807, 2.05) is 19.9 Å². The predicted molar refractivity (Wildman–Crippen MR) is 95.1 cm³/mol. The van der Waals surface area contributed by atoms with E-state index in [-0.39, 0.29) is 12.3 Å². The van der Waals surface area contributed by atoms with E-state index in [0.29, 0.717) is 17.8 Å². The molecular formula is C18H20N6O2. The summed E-state index contributed by atoms with van der Waals surface area (Å²) in [5.74, 6) is -0.316. The smallest absolute Gasteiger partial charge is 0.252 e. The lowest BCUT2D eigenvalue weighted by Gasteiger charge is -2.16. The molecule has 0 saturated heterocycles. The third-order valence-electron chi connectivity index (χ3n) is 4.31. The van der Waals surface area contributed by atoms with Crippen LogP contribution in [0.5, 0.6) is 0 Å². The van der Waals surface area contributed by atoms with Gasteiger partial charge < -0.3 is 11.1 Å². The van der Waals surface area contributed by atoms with Crippen LogP contribution in [-0.2, 0) is 16.0 Å². The molecule has 1 aromatic carbocycles. The Morgan fingerprint density at radius 1 is 1.23 bits per heavy atom. The van der Waals surface area contributed by atoms with Crippen molar-refractivity contribution in [2.45, 2.75) is 32.7 Å². The van der Waals surface area contributed by atoms with Crippen molar-refractivity contribution >= 4 is 17.6 Å². The SMILES string of the molecule is Cc1nc2ncnn2c(C)c1CCC(=O)NC(C(N)=O)c1ccccc1. The Bertz CT molecular complexity index is 951. The van der Waals surface area contributed by atoms with Crippen LogP contribution in [0.3, 0.4) is 0 Å². The number of nitrogens with two attached hydrogens (primary N) is 1. The number of carbonyl (C=O) groups excluding carboxylic acids is 2. The van der Waals surface area contributed by atoms with Gasteiger partial charge in [-0.25, -0.2) is 9.50 Å². The first-order valence-corrected chi connectivity index (χ1v) is 8.27. The fourth-order valence-electron chi connectivity index (χ4n) is 2.95. The van der Waals surface area contributed by atoms with E-state index in [2.05, 4.69) is 20.4 Å². The molecule has 0 radical (unpaired) electrons. The van der Waals surface area contributed by atoms with Gasteiger partial charge in [0.25, 0.3) is 5.78 Å². The Balaban J connectivity index is 1.72. The summed E-state index contributed by atoms with van der Waals surface area (Å²) in [6, 6.07) is 8.09. The number of nitrogens with zero attached hydrogens (tertiary/aromatic N) is 4. The molecule has 2 aromatic heterocycles. The monoisotopic (exact) mass is 352 g/mol. The van der Waals surface area contributed by atoms with Gasteiger partial charge in [-0.05, 0) is 31.4 Å². The van der Waals surface area contributed by atoms with Crippen LogP contribution in [0.4, 0.5) is 0 Å².